The predicted octanol–water partition coefficient (Wildman–Crippen LogP) is 1.77. The minimum atomic E-state index is -0.144. The molecule has 1 amide bonds. The molecule has 1 aromatic carbocycles. The Kier molecular flexibility index (Phi) is 8.46. The molecule has 1 rings (SSSR count). The fourth-order valence-corrected chi connectivity index (χ4v) is 1.55. The molecule has 0 aromatic heterocycles. The van der Waals surface area contributed by atoms with E-state index in [1.54, 1.807) is 0 Å². The number of carbonyl (C=O) groups excluding carboxylic acids is 1. The average Bonchev–Trinajstić information content (AvgIpc) is 2.34. The number of benzene rings is 1. The summed E-state index contributed by atoms with van der Waals surface area (Å²) in [7, 11) is 1.82. The van der Waals surface area contributed by atoms with E-state index in [1.165, 1.54) is 5.56 Å². The normalized spacial score (nSPS) is 11.4. The number of halogens is 1. The second kappa shape index (κ2) is 9.02. The van der Waals surface area contributed by atoms with E-state index in [-0.39, 0.29) is 24.4 Å². The van der Waals surface area contributed by atoms with Crippen molar-refractivity contribution in [3.8, 4) is 0 Å². The van der Waals surface area contributed by atoms with Gasteiger partial charge in [-0.3, -0.25) is 4.79 Å². The van der Waals surface area contributed by atoms with Crippen LogP contribution < -0.4 is 10.6 Å². The van der Waals surface area contributed by atoms with Gasteiger partial charge in [-0.25, -0.2) is 0 Å². The number of likely N-dealkylation sites (N-methyl/N-ethyl adjacent to an activating group) is 1. The summed E-state index contributed by atoms with van der Waals surface area (Å²) in [5, 5.41) is 5.95. The molecule has 0 bridgehead atoms. The summed E-state index contributed by atoms with van der Waals surface area (Å²) in [4.78, 5) is 11.8. The van der Waals surface area contributed by atoms with Gasteiger partial charge in [0, 0.05) is 6.54 Å². The van der Waals surface area contributed by atoms with Crippen LogP contribution in [0.5, 0.6) is 0 Å². The lowest BCUT2D eigenvalue weighted by Gasteiger charge is -2.15. The minimum Gasteiger partial charge on any atom is -0.355 e. The van der Waals surface area contributed by atoms with Crippen molar-refractivity contribution in [2.75, 3.05) is 13.6 Å². The molecule has 1 aromatic rings. The lowest BCUT2D eigenvalue weighted by Crippen LogP contribution is -2.44. The Hall–Kier alpha value is -1.06. The molecule has 0 aliphatic heterocycles. The maximum absolute atomic E-state index is 11.8. The molecule has 17 heavy (non-hydrogen) atoms. The summed E-state index contributed by atoms with van der Waals surface area (Å²) < 4.78 is 0. The summed E-state index contributed by atoms with van der Waals surface area (Å²) in [6.45, 7) is 2.79. The van der Waals surface area contributed by atoms with Crippen molar-refractivity contribution >= 4 is 18.3 Å². The van der Waals surface area contributed by atoms with E-state index >= 15 is 0 Å². The summed E-state index contributed by atoms with van der Waals surface area (Å²) in [6, 6.07) is 9.90. The van der Waals surface area contributed by atoms with Crippen LogP contribution in [0.25, 0.3) is 0 Å². The Morgan fingerprint density at radius 1 is 1.29 bits per heavy atom. The standard InChI is InChI=1S/C13H20N2O.ClH/c1-3-9-15-13(16)12(14-2)10-11-7-5-4-6-8-11;/h4-8,12,14H,3,9-10H2,1-2H3,(H,15,16);1H/t12-;/m0./s1. The van der Waals surface area contributed by atoms with Crippen molar-refractivity contribution in [3.63, 3.8) is 0 Å². The number of amides is 1. The third-order valence-electron chi connectivity index (χ3n) is 2.50. The number of carbonyl (C=O) groups is 1. The molecule has 0 saturated heterocycles. The highest BCUT2D eigenvalue weighted by Crippen LogP contribution is 2.03. The smallest absolute Gasteiger partial charge is 0.237 e. The summed E-state index contributed by atoms with van der Waals surface area (Å²) in [5.41, 5.74) is 1.17. The molecule has 4 heteroatoms. The second-order valence-electron chi connectivity index (χ2n) is 3.82. The Bertz CT molecular complexity index is 316. The van der Waals surface area contributed by atoms with Gasteiger partial charge in [0.25, 0.3) is 0 Å². The van der Waals surface area contributed by atoms with Crippen molar-refractivity contribution in [2.45, 2.75) is 25.8 Å². The van der Waals surface area contributed by atoms with Crippen LogP contribution in [-0.2, 0) is 11.2 Å². The first-order valence-corrected chi connectivity index (χ1v) is 5.76. The summed E-state index contributed by atoms with van der Waals surface area (Å²) in [6.07, 6.45) is 1.69. The van der Waals surface area contributed by atoms with Gasteiger partial charge in [0.1, 0.15) is 0 Å². The average molecular weight is 257 g/mol. The Balaban J connectivity index is 0.00000256. The fraction of sp³-hybridized carbons (Fsp3) is 0.462. The summed E-state index contributed by atoms with van der Waals surface area (Å²) in [5.74, 6) is 0.0770. The quantitative estimate of drug-likeness (QED) is 0.815. The maximum Gasteiger partial charge on any atom is 0.237 e. The minimum absolute atomic E-state index is 0. The molecule has 0 unspecified atom stereocenters. The monoisotopic (exact) mass is 256 g/mol. The van der Waals surface area contributed by atoms with E-state index in [0.29, 0.717) is 0 Å². The summed E-state index contributed by atoms with van der Waals surface area (Å²) >= 11 is 0. The molecule has 0 radical (unpaired) electrons. The lowest BCUT2D eigenvalue weighted by atomic mass is 10.1. The van der Waals surface area contributed by atoms with Gasteiger partial charge in [0.2, 0.25) is 5.91 Å². The van der Waals surface area contributed by atoms with Gasteiger partial charge in [0.05, 0.1) is 6.04 Å². The van der Waals surface area contributed by atoms with E-state index in [0.717, 1.165) is 19.4 Å². The van der Waals surface area contributed by atoms with Crippen LogP contribution >= 0.6 is 12.4 Å². The van der Waals surface area contributed by atoms with Crippen LogP contribution in [0.4, 0.5) is 0 Å². The zero-order valence-electron chi connectivity index (χ0n) is 10.4. The molecule has 0 spiro atoms. The molecular formula is C13H21ClN2O. The van der Waals surface area contributed by atoms with Crippen molar-refractivity contribution < 1.29 is 4.79 Å². The van der Waals surface area contributed by atoms with Gasteiger partial charge in [-0.05, 0) is 25.5 Å². The highest BCUT2D eigenvalue weighted by atomic mass is 35.5. The van der Waals surface area contributed by atoms with Gasteiger partial charge in [-0.15, -0.1) is 12.4 Å². The SMILES string of the molecule is CCCNC(=O)[C@H](Cc1ccccc1)NC.Cl. The van der Waals surface area contributed by atoms with Crippen molar-refractivity contribution in [1.29, 1.82) is 0 Å². The third kappa shape index (κ3) is 5.71. The molecule has 0 aliphatic rings. The predicted molar refractivity (Wildman–Crippen MR) is 73.5 cm³/mol. The van der Waals surface area contributed by atoms with Gasteiger partial charge >= 0.3 is 0 Å². The van der Waals surface area contributed by atoms with Crippen LogP contribution in [0.2, 0.25) is 0 Å². The molecule has 1 atom stereocenters. The van der Waals surface area contributed by atoms with E-state index in [2.05, 4.69) is 10.6 Å². The fourth-order valence-electron chi connectivity index (χ4n) is 1.55. The molecule has 0 heterocycles. The van der Waals surface area contributed by atoms with Gasteiger partial charge in [-0.1, -0.05) is 37.3 Å². The maximum atomic E-state index is 11.8. The molecule has 3 nitrogen and oxygen atoms in total. The number of hydrogen-bond donors (Lipinski definition) is 2. The molecule has 0 aliphatic carbocycles. The van der Waals surface area contributed by atoms with Gasteiger partial charge in [0.15, 0.2) is 0 Å². The Morgan fingerprint density at radius 2 is 1.94 bits per heavy atom. The Morgan fingerprint density at radius 3 is 2.47 bits per heavy atom. The highest BCUT2D eigenvalue weighted by molar-refractivity contribution is 5.85. The first-order valence-electron chi connectivity index (χ1n) is 5.76. The number of nitrogens with one attached hydrogen (secondary N) is 2. The van der Waals surface area contributed by atoms with Crippen LogP contribution in [-0.4, -0.2) is 25.5 Å². The molecule has 2 N–H and O–H groups in total. The zero-order chi connectivity index (χ0) is 11.8. The topological polar surface area (TPSA) is 41.1 Å². The number of hydrogen-bond acceptors (Lipinski definition) is 2. The van der Waals surface area contributed by atoms with Gasteiger partial charge in [-0.2, -0.15) is 0 Å². The lowest BCUT2D eigenvalue weighted by molar-refractivity contribution is -0.123. The molecule has 0 fully saturated rings. The molecule has 96 valence electrons. The first kappa shape index (κ1) is 15.9. The first-order chi connectivity index (χ1) is 7.77. The van der Waals surface area contributed by atoms with E-state index in [9.17, 15) is 4.79 Å². The highest BCUT2D eigenvalue weighted by Gasteiger charge is 2.15. The second-order valence-corrected chi connectivity index (χ2v) is 3.82. The molecule has 0 saturated carbocycles. The van der Waals surface area contributed by atoms with Gasteiger partial charge < -0.3 is 10.6 Å². The van der Waals surface area contributed by atoms with Crippen LogP contribution in [0.15, 0.2) is 30.3 Å². The van der Waals surface area contributed by atoms with Crippen LogP contribution in [0.3, 0.4) is 0 Å². The van der Waals surface area contributed by atoms with E-state index in [1.807, 2.05) is 44.3 Å². The van der Waals surface area contributed by atoms with Crippen LogP contribution in [0.1, 0.15) is 18.9 Å². The van der Waals surface area contributed by atoms with Crippen LogP contribution in [0, 0.1) is 0 Å². The zero-order valence-corrected chi connectivity index (χ0v) is 11.2. The van der Waals surface area contributed by atoms with E-state index in [4.69, 9.17) is 0 Å². The van der Waals surface area contributed by atoms with E-state index < -0.39 is 0 Å². The van der Waals surface area contributed by atoms with Crippen molar-refractivity contribution in [1.82, 2.24) is 10.6 Å². The van der Waals surface area contributed by atoms with Crippen molar-refractivity contribution in [2.24, 2.45) is 0 Å². The third-order valence-corrected chi connectivity index (χ3v) is 2.50. The van der Waals surface area contributed by atoms with Crippen molar-refractivity contribution in [3.05, 3.63) is 35.9 Å². The largest absolute Gasteiger partial charge is 0.355 e. The molecular weight excluding hydrogens is 236 g/mol. The number of rotatable bonds is 6. The Labute approximate surface area is 109 Å².